The fourth-order valence-corrected chi connectivity index (χ4v) is 10.3. The average molecular weight is 506 g/mol. The van der Waals surface area contributed by atoms with E-state index in [1.54, 1.807) is 7.11 Å². The van der Waals surface area contributed by atoms with Gasteiger partial charge < -0.3 is 13.3 Å². The topological polar surface area (TPSA) is 65.1 Å². The molecular weight excluding hydrogens is 455 g/mol. The second kappa shape index (κ2) is 14.7. The first-order valence-electron chi connectivity index (χ1n) is 12.6. The Morgan fingerprint density at radius 1 is 0.812 bits per heavy atom. The molecule has 0 aliphatic rings. The quantitative estimate of drug-likeness (QED) is 0.225. The molecule has 0 rings (SSSR count). The first-order valence-corrected chi connectivity index (χ1v) is 20.8. The van der Waals surface area contributed by atoms with E-state index in [4.69, 9.17) is 13.3 Å². The molecule has 9 heteroatoms. The van der Waals surface area contributed by atoms with E-state index in [0.717, 1.165) is 55.3 Å². The van der Waals surface area contributed by atoms with Crippen LogP contribution in [0.25, 0.3) is 0 Å². The molecule has 6 nitrogen and oxygen atoms in total. The maximum Gasteiger partial charge on any atom is 0.310 e. The molecule has 0 radical (unpaired) electrons. The third-order valence-electron chi connectivity index (χ3n) is 7.52. The second-order valence-electron chi connectivity index (χ2n) is 9.65. The zero-order valence-corrected chi connectivity index (χ0v) is 25.6. The minimum absolute atomic E-state index is 0.0663. The molecule has 0 N–H and O–H groups in total. The second-order valence-corrected chi connectivity index (χ2v) is 23.5. The highest BCUT2D eigenvalue weighted by molar-refractivity contribution is 6.75. The third-order valence-corrected chi connectivity index (χ3v) is 19.2. The van der Waals surface area contributed by atoms with Crippen LogP contribution < -0.4 is 0 Å². The minimum atomic E-state index is -2.11. The van der Waals surface area contributed by atoms with Gasteiger partial charge in [-0.1, -0.05) is 41.5 Å². The fourth-order valence-electron chi connectivity index (χ4n) is 4.09. The van der Waals surface area contributed by atoms with Gasteiger partial charge in [-0.15, -0.1) is 0 Å². The van der Waals surface area contributed by atoms with Crippen LogP contribution in [-0.2, 0) is 22.9 Å². The largest absolute Gasteiger partial charge is 0.519 e. The van der Waals surface area contributed by atoms with Crippen LogP contribution in [0.3, 0.4) is 0 Å². The molecule has 0 amide bonds. The van der Waals surface area contributed by atoms with Crippen molar-refractivity contribution in [3.05, 3.63) is 0 Å². The van der Waals surface area contributed by atoms with Gasteiger partial charge in [0.2, 0.25) is 0 Å². The molecule has 0 aliphatic carbocycles. The fraction of sp³-hybridized carbons (Fsp3) is 0.913. The summed E-state index contributed by atoms with van der Waals surface area (Å²) in [6, 6.07) is 5.84. The molecule has 0 saturated carbocycles. The van der Waals surface area contributed by atoms with Crippen LogP contribution in [-0.4, -0.2) is 68.5 Å². The molecule has 0 saturated heterocycles. The van der Waals surface area contributed by atoms with E-state index in [0.29, 0.717) is 0 Å². The van der Waals surface area contributed by atoms with Gasteiger partial charge in [-0.25, -0.2) is 0 Å². The Bertz CT molecular complexity index is 549. The van der Waals surface area contributed by atoms with Crippen molar-refractivity contribution in [2.45, 2.75) is 116 Å². The molecule has 0 bridgehead atoms. The summed E-state index contributed by atoms with van der Waals surface area (Å²) in [7, 11) is -2.12. The zero-order chi connectivity index (χ0) is 25.0. The van der Waals surface area contributed by atoms with Crippen molar-refractivity contribution in [1.82, 2.24) is 4.90 Å². The van der Waals surface area contributed by atoms with Gasteiger partial charge in [-0.2, -0.15) is 0 Å². The summed E-state index contributed by atoms with van der Waals surface area (Å²) in [4.78, 5) is 28.3. The van der Waals surface area contributed by atoms with Gasteiger partial charge in [0.25, 0.3) is 22.6 Å². The first kappa shape index (κ1) is 31.5. The van der Waals surface area contributed by atoms with Gasteiger partial charge in [0, 0.05) is 7.11 Å². The number of nitrogens with zero attached hydrogens (tertiary/aromatic N) is 1. The van der Waals surface area contributed by atoms with Gasteiger partial charge in [-0.3, -0.25) is 14.5 Å². The van der Waals surface area contributed by atoms with E-state index >= 15 is 0 Å². The lowest BCUT2D eigenvalue weighted by Crippen LogP contribution is -2.49. The van der Waals surface area contributed by atoms with E-state index in [1.165, 1.54) is 0 Å². The van der Waals surface area contributed by atoms with Crippen molar-refractivity contribution in [1.29, 1.82) is 0 Å². The molecule has 1 atom stereocenters. The lowest BCUT2D eigenvalue weighted by Gasteiger charge is -2.34. The summed E-state index contributed by atoms with van der Waals surface area (Å²) in [5.41, 5.74) is 0. The molecule has 1 unspecified atom stereocenters. The highest BCUT2D eigenvalue weighted by atomic mass is 28.4. The first-order chi connectivity index (χ1) is 14.9. The van der Waals surface area contributed by atoms with Crippen molar-refractivity contribution in [3.63, 3.8) is 0 Å². The van der Waals surface area contributed by atoms with Crippen molar-refractivity contribution in [3.8, 4) is 0 Å². The monoisotopic (exact) mass is 505 g/mol. The van der Waals surface area contributed by atoms with Crippen LogP contribution in [0.4, 0.5) is 0 Å². The smallest absolute Gasteiger partial charge is 0.310 e. The molecule has 0 aromatic carbocycles. The van der Waals surface area contributed by atoms with Crippen molar-refractivity contribution in [2.24, 2.45) is 0 Å². The molecule has 190 valence electrons. The van der Waals surface area contributed by atoms with E-state index < -0.39 is 31.0 Å². The maximum absolute atomic E-state index is 13.4. The average Bonchev–Trinajstić information content (AvgIpc) is 2.79. The number of carbonyl (C=O) groups excluding carboxylic acids is 2. The SMILES string of the molecule is CC[Si](CC)(CC)OC(=O)CC(C(=O)O[Si](CC)(CC)CC)N(C)CCC[Si](C)(C)OC. The van der Waals surface area contributed by atoms with Crippen LogP contribution in [0.5, 0.6) is 0 Å². The highest BCUT2D eigenvalue weighted by Crippen LogP contribution is 2.26. The molecule has 32 heavy (non-hydrogen) atoms. The van der Waals surface area contributed by atoms with Crippen LogP contribution in [0, 0.1) is 0 Å². The standard InChI is InChI=1S/C23H51NO5Si3/c1-11-31(12-2,13-3)28-22(25)20-21(23(26)29-32(14-4,15-5)16-6)24(7)18-17-19-30(9,10)27-8/h21H,11-20H2,1-10H3. The minimum Gasteiger partial charge on any atom is -0.519 e. The maximum atomic E-state index is 13.4. The molecule has 0 aromatic heterocycles. The number of likely N-dealkylation sites (N-methyl/N-ethyl adjacent to an activating group) is 1. The van der Waals surface area contributed by atoms with E-state index in [2.05, 4.69) is 54.6 Å². The Morgan fingerprint density at radius 2 is 1.25 bits per heavy atom. The molecular formula is C23H51NO5Si3. The van der Waals surface area contributed by atoms with Crippen molar-refractivity contribution >= 4 is 36.9 Å². The molecule has 0 aliphatic heterocycles. The van der Waals surface area contributed by atoms with Crippen LogP contribution in [0.15, 0.2) is 0 Å². The highest BCUT2D eigenvalue weighted by Gasteiger charge is 2.39. The summed E-state index contributed by atoms with van der Waals surface area (Å²) >= 11 is 0. The predicted octanol–water partition coefficient (Wildman–Crippen LogP) is 6.02. The lowest BCUT2D eigenvalue weighted by atomic mass is 10.2. The summed E-state index contributed by atoms with van der Waals surface area (Å²) in [5, 5.41) is 0. The van der Waals surface area contributed by atoms with Gasteiger partial charge in [0.1, 0.15) is 6.04 Å². The third kappa shape index (κ3) is 9.79. The Hall–Kier alpha value is -0.489. The van der Waals surface area contributed by atoms with Crippen molar-refractivity contribution in [2.75, 3.05) is 20.7 Å². The van der Waals surface area contributed by atoms with Gasteiger partial charge in [-0.05, 0) is 75.4 Å². The Kier molecular flexibility index (Phi) is 14.5. The van der Waals surface area contributed by atoms with E-state index in [1.807, 2.05) is 11.9 Å². The van der Waals surface area contributed by atoms with Crippen molar-refractivity contribution < 1.29 is 22.9 Å². The predicted molar refractivity (Wildman–Crippen MR) is 142 cm³/mol. The summed E-state index contributed by atoms with van der Waals surface area (Å²) in [6.07, 6.45) is 0.995. The number of hydrogen-bond acceptors (Lipinski definition) is 6. The Balaban J connectivity index is 5.53. The molecule has 0 heterocycles. The van der Waals surface area contributed by atoms with E-state index in [9.17, 15) is 9.59 Å². The molecule has 0 fully saturated rings. The zero-order valence-electron chi connectivity index (χ0n) is 22.6. The Morgan fingerprint density at radius 3 is 1.66 bits per heavy atom. The van der Waals surface area contributed by atoms with Crippen LogP contribution in [0.2, 0.25) is 55.4 Å². The van der Waals surface area contributed by atoms with Crippen LogP contribution in [0.1, 0.15) is 54.4 Å². The summed E-state index contributed by atoms with van der Waals surface area (Å²) in [6.45, 7) is 17.8. The summed E-state index contributed by atoms with van der Waals surface area (Å²) < 4.78 is 17.9. The Labute approximate surface area is 201 Å². The molecule has 0 spiro atoms. The number of carbonyl (C=O) groups is 2. The van der Waals surface area contributed by atoms with Gasteiger partial charge >= 0.3 is 5.97 Å². The lowest BCUT2D eigenvalue weighted by molar-refractivity contribution is -0.147. The molecule has 0 aromatic rings. The van der Waals surface area contributed by atoms with Gasteiger partial charge in [0.05, 0.1) is 6.42 Å². The van der Waals surface area contributed by atoms with E-state index in [-0.39, 0.29) is 18.4 Å². The summed E-state index contributed by atoms with van der Waals surface area (Å²) in [5.74, 6) is -0.499. The number of hydrogen-bond donors (Lipinski definition) is 0. The number of rotatable bonds is 17. The van der Waals surface area contributed by atoms with Gasteiger partial charge in [0.15, 0.2) is 8.32 Å². The van der Waals surface area contributed by atoms with Crippen LogP contribution >= 0.6 is 0 Å². The normalized spacial score (nSPS) is 13.8.